The van der Waals surface area contributed by atoms with Crippen LogP contribution < -0.4 is 5.32 Å². The molecule has 0 unspecified atom stereocenters. The van der Waals surface area contributed by atoms with E-state index in [9.17, 15) is 4.79 Å². The van der Waals surface area contributed by atoms with Gasteiger partial charge < -0.3 is 10.1 Å². The van der Waals surface area contributed by atoms with Gasteiger partial charge in [-0.25, -0.2) is 0 Å². The van der Waals surface area contributed by atoms with Crippen molar-refractivity contribution in [2.45, 2.75) is 26.3 Å². The predicted molar refractivity (Wildman–Crippen MR) is 62.0 cm³/mol. The molecule has 4 heteroatoms. The molecule has 0 bridgehead atoms. The molecule has 1 aromatic rings. The quantitative estimate of drug-likeness (QED) is 0.582. The first-order valence-electron chi connectivity index (χ1n) is 5.48. The summed E-state index contributed by atoms with van der Waals surface area (Å²) in [5.74, 6) is -0.191. The summed E-state index contributed by atoms with van der Waals surface area (Å²) in [5, 5.41) is 3.18. The summed E-state index contributed by atoms with van der Waals surface area (Å²) in [4.78, 5) is 15.2. The lowest BCUT2D eigenvalue weighted by Crippen LogP contribution is -2.19. The van der Waals surface area contributed by atoms with E-state index in [0.29, 0.717) is 19.5 Å². The van der Waals surface area contributed by atoms with Crippen LogP contribution in [0, 0.1) is 0 Å². The molecule has 16 heavy (non-hydrogen) atoms. The number of hydrogen-bond acceptors (Lipinski definition) is 4. The minimum atomic E-state index is -0.191. The van der Waals surface area contributed by atoms with Gasteiger partial charge in [-0.05, 0) is 18.1 Å². The number of nitrogens with one attached hydrogen (secondary N) is 1. The van der Waals surface area contributed by atoms with Crippen molar-refractivity contribution in [3.63, 3.8) is 0 Å². The zero-order valence-electron chi connectivity index (χ0n) is 9.82. The summed E-state index contributed by atoms with van der Waals surface area (Å²) in [7, 11) is 1.40. The number of rotatable bonds is 6. The molecule has 1 rings (SSSR count). The van der Waals surface area contributed by atoms with Crippen LogP contribution in [0.1, 0.15) is 24.6 Å². The van der Waals surface area contributed by atoms with Crippen molar-refractivity contribution in [2.75, 3.05) is 13.7 Å². The second-order valence-electron chi connectivity index (χ2n) is 3.47. The number of methoxy groups -OCH3 is 1. The van der Waals surface area contributed by atoms with Crippen LogP contribution in [0.3, 0.4) is 0 Å². The number of ether oxygens (including phenoxy) is 1. The molecule has 88 valence electrons. The van der Waals surface area contributed by atoms with Gasteiger partial charge in [0, 0.05) is 19.3 Å². The van der Waals surface area contributed by atoms with Crippen molar-refractivity contribution in [1.29, 1.82) is 0 Å². The maximum Gasteiger partial charge on any atom is 0.306 e. The fourth-order valence-corrected chi connectivity index (χ4v) is 1.45. The maximum atomic E-state index is 10.9. The molecule has 4 nitrogen and oxygen atoms in total. The third kappa shape index (κ3) is 3.98. The summed E-state index contributed by atoms with van der Waals surface area (Å²) in [6.07, 6.45) is 3.16. The maximum absolute atomic E-state index is 10.9. The van der Waals surface area contributed by atoms with Crippen LogP contribution >= 0.6 is 0 Å². The monoisotopic (exact) mass is 222 g/mol. The van der Waals surface area contributed by atoms with Crippen molar-refractivity contribution in [3.05, 3.63) is 29.6 Å². The number of hydrogen-bond donors (Lipinski definition) is 1. The van der Waals surface area contributed by atoms with Crippen molar-refractivity contribution in [3.8, 4) is 0 Å². The molecule has 1 aromatic heterocycles. The van der Waals surface area contributed by atoms with Gasteiger partial charge in [-0.15, -0.1) is 0 Å². The number of nitrogens with zero attached hydrogens (tertiary/aromatic N) is 1. The van der Waals surface area contributed by atoms with Gasteiger partial charge in [0.15, 0.2) is 0 Å². The van der Waals surface area contributed by atoms with Crippen LogP contribution in [-0.2, 0) is 22.5 Å². The van der Waals surface area contributed by atoms with Crippen LogP contribution in [0.4, 0.5) is 0 Å². The average Bonchev–Trinajstić information content (AvgIpc) is 2.34. The highest BCUT2D eigenvalue weighted by atomic mass is 16.5. The summed E-state index contributed by atoms with van der Waals surface area (Å²) in [6, 6.07) is 4.01. The molecule has 0 saturated heterocycles. The van der Waals surface area contributed by atoms with E-state index in [2.05, 4.69) is 28.0 Å². The fourth-order valence-electron chi connectivity index (χ4n) is 1.45. The number of pyridine rings is 1. The van der Waals surface area contributed by atoms with Crippen molar-refractivity contribution >= 4 is 5.97 Å². The summed E-state index contributed by atoms with van der Waals surface area (Å²) >= 11 is 0. The Morgan fingerprint density at radius 1 is 1.56 bits per heavy atom. The molecule has 0 atom stereocenters. The molecule has 0 spiro atoms. The average molecular weight is 222 g/mol. The van der Waals surface area contributed by atoms with Crippen LogP contribution in [0.25, 0.3) is 0 Å². The van der Waals surface area contributed by atoms with E-state index in [1.54, 1.807) is 6.20 Å². The Kier molecular flexibility index (Phi) is 5.50. The minimum Gasteiger partial charge on any atom is -0.469 e. The minimum absolute atomic E-state index is 0.191. The SMILES string of the molecule is CCc1cccnc1CNCCC(=O)OC. The highest BCUT2D eigenvalue weighted by molar-refractivity contribution is 5.69. The van der Waals surface area contributed by atoms with Crippen LogP contribution in [0.15, 0.2) is 18.3 Å². The number of aromatic nitrogens is 1. The van der Waals surface area contributed by atoms with Crippen molar-refractivity contribution in [2.24, 2.45) is 0 Å². The Balaban J connectivity index is 2.34. The topological polar surface area (TPSA) is 51.2 Å². The molecule has 1 N–H and O–H groups in total. The Morgan fingerprint density at radius 2 is 2.38 bits per heavy atom. The molecule has 0 fully saturated rings. The third-order valence-corrected chi connectivity index (χ3v) is 2.39. The van der Waals surface area contributed by atoms with Crippen LogP contribution in [-0.4, -0.2) is 24.6 Å². The molecule has 0 radical (unpaired) electrons. The molecule has 0 saturated carbocycles. The number of carbonyl (C=O) groups excluding carboxylic acids is 1. The first kappa shape index (κ1) is 12.6. The molecule has 0 aliphatic rings. The van der Waals surface area contributed by atoms with Crippen molar-refractivity contribution in [1.82, 2.24) is 10.3 Å². The molecule has 1 heterocycles. The van der Waals surface area contributed by atoms with Crippen LogP contribution in [0.5, 0.6) is 0 Å². The second-order valence-corrected chi connectivity index (χ2v) is 3.47. The lowest BCUT2D eigenvalue weighted by Gasteiger charge is -2.07. The first-order valence-corrected chi connectivity index (χ1v) is 5.48. The highest BCUT2D eigenvalue weighted by Gasteiger charge is 2.02. The smallest absolute Gasteiger partial charge is 0.306 e. The van der Waals surface area contributed by atoms with E-state index in [-0.39, 0.29) is 5.97 Å². The fraction of sp³-hybridized carbons (Fsp3) is 0.500. The van der Waals surface area contributed by atoms with Gasteiger partial charge in [-0.2, -0.15) is 0 Å². The van der Waals surface area contributed by atoms with E-state index in [1.165, 1.54) is 12.7 Å². The molecular weight excluding hydrogens is 204 g/mol. The second kappa shape index (κ2) is 6.95. The predicted octanol–water partition coefficient (Wildman–Crippen LogP) is 1.30. The van der Waals surface area contributed by atoms with Gasteiger partial charge >= 0.3 is 5.97 Å². The Morgan fingerprint density at radius 3 is 3.06 bits per heavy atom. The lowest BCUT2D eigenvalue weighted by atomic mass is 10.1. The zero-order chi connectivity index (χ0) is 11.8. The van der Waals surface area contributed by atoms with E-state index in [1.807, 2.05) is 6.07 Å². The van der Waals surface area contributed by atoms with E-state index >= 15 is 0 Å². The van der Waals surface area contributed by atoms with Gasteiger partial charge in [0.1, 0.15) is 0 Å². The Bertz CT molecular complexity index is 340. The highest BCUT2D eigenvalue weighted by Crippen LogP contribution is 2.05. The molecular formula is C12H18N2O2. The first-order chi connectivity index (χ1) is 7.77. The molecule has 0 amide bonds. The van der Waals surface area contributed by atoms with Gasteiger partial charge in [0.2, 0.25) is 0 Å². The van der Waals surface area contributed by atoms with E-state index < -0.39 is 0 Å². The number of aryl methyl sites for hydroxylation is 1. The van der Waals surface area contributed by atoms with Crippen LogP contribution in [0.2, 0.25) is 0 Å². The van der Waals surface area contributed by atoms with Gasteiger partial charge in [0.05, 0.1) is 19.2 Å². The third-order valence-electron chi connectivity index (χ3n) is 2.39. The molecule has 0 aliphatic heterocycles. The van der Waals surface area contributed by atoms with Gasteiger partial charge in [-0.1, -0.05) is 13.0 Å². The Hall–Kier alpha value is -1.42. The summed E-state index contributed by atoms with van der Waals surface area (Å²) in [6.45, 7) is 3.42. The Labute approximate surface area is 96.0 Å². The zero-order valence-corrected chi connectivity index (χ0v) is 9.82. The van der Waals surface area contributed by atoms with E-state index in [4.69, 9.17) is 0 Å². The van der Waals surface area contributed by atoms with Gasteiger partial charge in [-0.3, -0.25) is 9.78 Å². The number of esters is 1. The summed E-state index contributed by atoms with van der Waals surface area (Å²) in [5.41, 5.74) is 2.29. The largest absolute Gasteiger partial charge is 0.469 e. The lowest BCUT2D eigenvalue weighted by molar-refractivity contribution is -0.140. The molecule has 0 aromatic carbocycles. The standard InChI is InChI=1S/C12H18N2O2/c1-3-10-5-4-7-14-11(10)9-13-8-6-12(15)16-2/h4-5,7,13H,3,6,8-9H2,1-2H3. The van der Waals surface area contributed by atoms with E-state index in [0.717, 1.165) is 12.1 Å². The number of carbonyl (C=O) groups is 1. The summed E-state index contributed by atoms with van der Waals surface area (Å²) < 4.78 is 4.55. The normalized spacial score (nSPS) is 10.1. The van der Waals surface area contributed by atoms with Gasteiger partial charge in [0.25, 0.3) is 0 Å². The van der Waals surface area contributed by atoms with Crippen molar-refractivity contribution < 1.29 is 9.53 Å². The molecule has 0 aliphatic carbocycles.